The van der Waals surface area contributed by atoms with Crippen molar-refractivity contribution in [3.05, 3.63) is 27.8 Å². The molecule has 5 nitrogen and oxygen atoms in total. The zero-order chi connectivity index (χ0) is 16.9. The van der Waals surface area contributed by atoms with Gasteiger partial charge in [0.15, 0.2) is 9.84 Å². The second kappa shape index (κ2) is 5.62. The summed E-state index contributed by atoms with van der Waals surface area (Å²) in [6.45, 7) is 9.41. The van der Waals surface area contributed by atoms with E-state index in [0.717, 1.165) is 27.8 Å². The Morgan fingerprint density at radius 2 is 1.36 bits per heavy atom. The lowest BCUT2D eigenvalue weighted by molar-refractivity contribution is 0.561. The van der Waals surface area contributed by atoms with Crippen LogP contribution in [-0.2, 0) is 19.9 Å². The molecule has 22 heavy (non-hydrogen) atoms. The third-order valence-corrected chi connectivity index (χ3v) is 8.32. The monoisotopic (exact) mass is 345 g/mol. The minimum atomic E-state index is -3.73. The number of sulfone groups is 1. The van der Waals surface area contributed by atoms with Gasteiger partial charge < -0.3 is 0 Å². The van der Waals surface area contributed by atoms with Crippen molar-refractivity contribution in [2.75, 3.05) is 11.5 Å². The second-order valence-electron chi connectivity index (χ2n) is 6.18. The Morgan fingerprint density at radius 1 is 0.909 bits per heavy atom. The van der Waals surface area contributed by atoms with E-state index in [0.29, 0.717) is 6.42 Å². The lowest BCUT2D eigenvalue weighted by Gasteiger charge is -2.20. The molecular weight excluding hydrogens is 322 g/mol. The minimum Gasteiger partial charge on any atom is -0.229 e. The molecule has 0 amide bonds. The summed E-state index contributed by atoms with van der Waals surface area (Å²) >= 11 is 0. The quantitative estimate of drug-likeness (QED) is 0.904. The Balaban J connectivity index is 2.47. The highest BCUT2D eigenvalue weighted by Crippen LogP contribution is 2.30. The summed E-state index contributed by atoms with van der Waals surface area (Å²) in [4.78, 5) is 0.289. The number of benzene rings is 1. The van der Waals surface area contributed by atoms with Gasteiger partial charge in [-0.25, -0.2) is 21.6 Å². The Labute approximate surface area is 133 Å². The van der Waals surface area contributed by atoms with Gasteiger partial charge in [0.05, 0.1) is 16.4 Å². The van der Waals surface area contributed by atoms with Gasteiger partial charge in [-0.2, -0.15) is 0 Å². The molecule has 0 aromatic heterocycles. The van der Waals surface area contributed by atoms with Gasteiger partial charge in [0.2, 0.25) is 10.0 Å². The molecule has 0 saturated carbocycles. The molecule has 1 aliphatic heterocycles. The van der Waals surface area contributed by atoms with Crippen LogP contribution in [0.5, 0.6) is 0 Å². The normalized spacial score (nSPS) is 21.2. The van der Waals surface area contributed by atoms with Crippen molar-refractivity contribution < 1.29 is 16.8 Å². The molecule has 1 saturated heterocycles. The van der Waals surface area contributed by atoms with E-state index in [9.17, 15) is 16.8 Å². The van der Waals surface area contributed by atoms with Crippen molar-refractivity contribution in [1.82, 2.24) is 4.72 Å². The maximum absolute atomic E-state index is 12.8. The van der Waals surface area contributed by atoms with Gasteiger partial charge in [0.25, 0.3) is 0 Å². The standard InChI is InChI=1S/C15H23NO4S2/c1-9-10(2)12(4)15(13(5)11(9)3)22(19,20)16-14-6-7-21(17,18)8-14/h14,16H,6-8H2,1-5H3/t14-/m1/s1. The molecule has 0 aliphatic carbocycles. The number of rotatable bonds is 3. The van der Waals surface area contributed by atoms with E-state index in [4.69, 9.17) is 0 Å². The van der Waals surface area contributed by atoms with Gasteiger partial charge in [-0.15, -0.1) is 0 Å². The SMILES string of the molecule is Cc1c(C)c(C)c(S(=O)(=O)N[C@@H]2CCS(=O)(=O)C2)c(C)c1C. The molecule has 7 heteroatoms. The lowest BCUT2D eigenvalue weighted by atomic mass is 9.95. The maximum atomic E-state index is 12.8. The summed E-state index contributed by atoms with van der Waals surface area (Å²) in [6, 6.07) is -0.532. The largest absolute Gasteiger partial charge is 0.241 e. The Morgan fingerprint density at radius 3 is 1.77 bits per heavy atom. The fraction of sp³-hybridized carbons (Fsp3) is 0.600. The molecule has 1 heterocycles. The Bertz CT molecular complexity index is 795. The smallest absolute Gasteiger partial charge is 0.229 e. The molecule has 2 rings (SSSR count). The molecule has 0 spiro atoms. The molecule has 124 valence electrons. The second-order valence-corrected chi connectivity index (χ2v) is 10.1. The van der Waals surface area contributed by atoms with Crippen LogP contribution in [0.1, 0.15) is 34.2 Å². The molecular formula is C15H23NO4S2. The summed E-state index contributed by atoms with van der Waals surface area (Å²) in [5.74, 6) is -0.0712. The van der Waals surface area contributed by atoms with Crippen LogP contribution in [0.2, 0.25) is 0 Å². The molecule has 0 unspecified atom stereocenters. The van der Waals surface area contributed by atoms with E-state index in [1.807, 2.05) is 20.8 Å². The van der Waals surface area contributed by atoms with Crippen LogP contribution in [0.15, 0.2) is 4.90 Å². The molecule has 1 aromatic carbocycles. The van der Waals surface area contributed by atoms with E-state index >= 15 is 0 Å². The van der Waals surface area contributed by atoms with Crippen LogP contribution in [0.3, 0.4) is 0 Å². The first-order chi connectivity index (χ1) is 9.96. The fourth-order valence-electron chi connectivity index (χ4n) is 3.03. The predicted octanol–water partition coefficient (Wildman–Crippen LogP) is 1.69. The third kappa shape index (κ3) is 3.07. The topological polar surface area (TPSA) is 80.3 Å². The maximum Gasteiger partial charge on any atom is 0.241 e. The minimum absolute atomic E-state index is 0.0457. The van der Waals surface area contributed by atoms with E-state index in [-0.39, 0.29) is 16.4 Å². The summed E-state index contributed by atoms with van der Waals surface area (Å²) in [5.41, 5.74) is 4.48. The highest BCUT2D eigenvalue weighted by molar-refractivity contribution is 7.92. The Hall–Kier alpha value is -0.920. The van der Waals surface area contributed by atoms with Crippen molar-refractivity contribution in [2.24, 2.45) is 0 Å². The van der Waals surface area contributed by atoms with Crippen molar-refractivity contribution in [2.45, 2.75) is 52.0 Å². The summed E-state index contributed by atoms with van der Waals surface area (Å²) in [6.07, 6.45) is 0.337. The molecule has 1 aliphatic rings. The molecule has 0 radical (unpaired) electrons. The highest BCUT2D eigenvalue weighted by atomic mass is 32.2. The van der Waals surface area contributed by atoms with Crippen molar-refractivity contribution in [3.8, 4) is 0 Å². The molecule has 1 N–H and O–H groups in total. The molecule has 1 atom stereocenters. The fourth-order valence-corrected chi connectivity index (χ4v) is 6.68. The summed E-state index contributed by atoms with van der Waals surface area (Å²) in [5, 5.41) is 0. The first-order valence-corrected chi connectivity index (χ1v) is 10.6. The van der Waals surface area contributed by atoms with Gasteiger partial charge in [0.1, 0.15) is 0 Å². The van der Waals surface area contributed by atoms with Crippen LogP contribution < -0.4 is 4.72 Å². The summed E-state index contributed by atoms with van der Waals surface area (Å²) in [7, 11) is -6.85. The first-order valence-electron chi connectivity index (χ1n) is 7.26. The van der Waals surface area contributed by atoms with Gasteiger partial charge in [-0.05, 0) is 68.9 Å². The molecule has 0 bridgehead atoms. The lowest BCUT2D eigenvalue weighted by Crippen LogP contribution is -2.36. The van der Waals surface area contributed by atoms with Gasteiger partial charge in [0, 0.05) is 6.04 Å². The Kier molecular flexibility index (Phi) is 4.45. The first kappa shape index (κ1) is 17.4. The van der Waals surface area contributed by atoms with E-state index in [1.54, 1.807) is 13.8 Å². The predicted molar refractivity (Wildman–Crippen MR) is 87.5 cm³/mol. The molecule has 1 fully saturated rings. The van der Waals surface area contributed by atoms with Crippen LogP contribution >= 0.6 is 0 Å². The number of nitrogens with one attached hydrogen (secondary N) is 1. The number of sulfonamides is 1. The van der Waals surface area contributed by atoms with E-state index in [2.05, 4.69) is 4.72 Å². The highest BCUT2D eigenvalue weighted by Gasteiger charge is 2.33. The molecule has 1 aromatic rings. The van der Waals surface area contributed by atoms with Crippen LogP contribution in [-0.4, -0.2) is 34.4 Å². The average molecular weight is 345 g/mol. The third-order valence-electron chi connectivity index (χ3n) is 4.75. The van der Waals surface area contributed by atoms with Crippen LogP contribution in [0.25, 0.3) is 0 Å². The zero-order valence-corrected chi connectivity index (χ0v) is 15.3. The van der Waals surface area contributed by atoms with Crippen molar-refractivity contribution in [3.63, 3.8) is 0 Å². The van der Waals surface area contributed by atoms with Crippen molar-refractivity contribution >= 4 is 19.9 Å². The summed E-state index contributed by atoms with van der Waals surface area (Å²) < 4.78 is 51.1. The van der Waals surface area contributed by atoms with Crippen molar-refractivity contribution in [1.29, 1.82) is 0 Å². The zero-order valence-electron chi connectivity index (χ0n) is 13.6. The number of hydrogen-bond donors (Lipinski definition) is 1. The average Bonchev–Trinajstić information content (AvgIpc) is 2.72. The van der Waals surface area contributed by atoms with Crippen LogP contribution in [0.4, 0.5) is 0 Å². The van der Waals surface area contributed by atoms with Gasteiger partial charge in [-0.3, -0.25) is 0 Å². The van der Waals surface area contributed by atoms with Gasteiger partial charge >= 0.3 is 0 Å². The van der Waals surface area contributed by atoms with Crippen LogP contribution in [0, 0.1) is 34.6 Å². The van der Waals surface area contributed by atoms with Gasteiger partial charge in [-0.1, -0.05) is 0 Å². The van der Waals surface area contributed by atoms with E-state index in [1.165, 1.54) is 0 Å². The number of hydrogen-bond acceptors (Lipinski definition) is 4. The van der Waals surface area contributed by atoms with E-state index < -0.39 is 25.9 Å².